The molecule has 2 aromatic carbocycles. The van der Waals surface area contributed by atoms with Crippen molar-refractivity contribution in [3.8, 4) is 29.5 Å². The Kier molecular flexibility index (Phi) is 4.55. The van der Waals surface area contributed by atoms with E-state index in [-0.39, 0.29) is 17.1 Å². The summed E-state index contributed by atoms with van der Waals surface area (Å²) in [6.45, 7) is 0. The van der Waals surface area contributed by atoms with Crippen molar-refractivity contribution < 1.29 is 10.2 Å². The number of aromatic hydroxyl groups is 2. The molecule has 0 amide bonds. The molecule has 0 aliphatic rings. The molecule has 6 heteroatoms. The first-order valence-electron chi connectivity index (χ1n) is 8.72. The highest BCUT2D eigenvalue weighted by atomic mass is 16.3. The molecule has 0 atom stereocenters. The lowest BCUT2D eigenvalue weighted by Crippen LogP contribution is -2.22. The van der Waals surface area contributed by atoms with Crippen LogP contribution in [0.3, 0.4) is 0 Å². The first-order chi connectivity index (χ1) is 14.1. The molecule has 0 aliphatic carbocycles. The van der Waals surface area contributed by atoms with E-state index in [1.54, 1.807) is 54.7 Å². The van der Waals surface area contributed by atoms with Gasteiger partial charge in [-0.2, -0.15) is 0 Å². The molecule has 2 heterocycles. The second kappa shape index (κ2) is 7.33. The number of pyridine rings is 1. The van der Waals surface area contributed by atoms with E-state index in [0.29, 0.717) is 33.7 Å². The zero-order chi connectivity index (χ0) is 20.4. The van der Waals surface area contributed by atoms with E-state index in [1.165, 1.54) is 22.8 Å². The standard InChI is InChI=1S/C23H15N3O3/c1-2-15-5-8-17(9-6-15)26-21(12-7-16-14-18(27)10-11-20(16)28)25-22-19(23(26)29)4-3-13-24-22/h1,3-14,27-28H. The molecule has 0 fully saturated rings. The van der Waals surface area contributed by atoms with Gasteiger partial charge in [0.25, 0.3) is 5.56 Å². The second-order valence-electron chi connectivity index (χ2n) is 6.25. The normalized spacial score (nSPS) is 11.0. The third kappa shape index (κ3) is 3.45. The van der Waals surface area contributed by atoms with Crippen molar-refractivity contribution in [3.63, 3.8) is 0 Å². The SMILES string of the molecule is C#Cc1ccc(-n2c(C=Cc3cc(O)ccc3O)nc3ncccc3c2=O)cc1. The largest absolute Gasteiger partial charge is 0.508 e. The number of rotatable bonds is 3. The first kappa shape index (κ1) is 18.0. The van der Waals surface area contributed by atoms with Crippen LogP contribution in [0, 0.1) is 12.3 Å². The maximum Gasteiger partial charge on any atom is 0.267 e. The average Bonchev–Trinajstić information content (AvgIpc) is 2.75. The predicted molar refractivity (Wildman–Crippen MR) is 112 cm³/mol. The van der Waals surface area contributed by atoms with E-state index in [2.05, 4.69) is 15.9 Å². The van der Waals surface area contributed by atoms with Gasteiger partial charge in [0.2, 0.25) is 0 Å². The molecule has 0 spiro atoms. The Morgan fingerprint density at radius 1 is 1.03 bits per heavy atom. The van der Waals surface area contributed by atoms with Crippen LogP contribution < -0.4 is 5.56 Å². The summed E-state index contributed by atoms with van der Waals surface area (Å²) in [6.07, 6.45) is 10.1. The third-order valence-electron chi connectivity index (χ3n) is 4.38. The maximum absolute atomic E-state index is 13.2. The summed E-state index contributed by atoms with van der Waals surface area (Å²) >= 11 is 0. The zero-order valence-corrected chi connectivity index (χ0v) is 15.1. The number of terminal acetylenes is 1. The maximum atomic E-state index is 13.2. The molecule has 6 nitrogen and oxygen atoms in total. The molecule has 2 aromatic heterocycles. The van der Waals surface area contributed by atoms with E-state index < -0.39 is 0 Å². The van der Waals surface area contributed by atoms with Crippen LogP contribution in [0.5, 0.6) is 11.5 Å². The van der Waals surface area contributed by atoms with Gasteiger partial charge in [0, 0.05) is 17.3 Å². The lowest BCUT2D eigenvalue weighted by molar-refractivity contribution is 0.459. The Morgan fingerprint density at radius 3 is 2.59 bits per heavy atom. The zero-order valence-electron chi connectivity index (χ0n) is 15.1. The monoisotopic (exact) mass is 381 g/mol. The molecule has 0 aliphatic heterocycles. The number of hydrogen-bond donors (Lipinski definition) is 2. The van der Waals surface area contributed by atoms with Crippen LogP contribution in [0.25, 0.3) is 28.9 Å². The minimum Gasteiger partial charge on any atom is -0.508 e. The lowest BCUT2D eigenvalue weighted by atomic mass is 10.1. The van der Waals surface area contributed by atoms with Gasteiger partial charge in [0.05, 0.1) is 11.1 Å². The van der Waals surface area contributed by atoms with Gasteiger partial charge in [-0.25, -0.2) is 9.97 Å². The minimum atomic E-state index is -0.281. The van der Waals surface area contributed by atoms with Crippen LogP contribution in [0.15, 0.2) is 65.6 Å². The highest BCUT2D eigenvalue weighted by Gasteiger charge is 2.12. The van der Waals surface area contributed by atoms with Crippen molar-refractivity contribution in [2.75, 3.05) is 0 Å². The van der Waals surface area contributed by atoms with Crippen molar-refractivity contribution >= 4 is 23.2 Å². The Morgan fingerprint density at radius 2 is 1.83 bits per heavy atom. The van der Waals surface area contributed by atoms with Crippen molar-refractivity contribution in [2.45, 2.75) is 0 Å². The summed E-state index contributed by atoms with van der Waals surface area (Å²) in [6, 6.07) is 14.5. The van der Waals surface area contributed by atoms with Crippen LogP contribution in [0.1, 0.15) is 17.0 Å². The van der Waals surface area contributed by atoms with Crippen molar-refractivity contribution in [3.05, 3.63) is 88.1 Å². The molecule has 0 saturated heterocycles. The topological polar surface area (TPSA) is 88.2 Å². The number of hydrogen-bond acceptors (Lipinski definition) is 5. The summed E-state index contributed by atoms with van der Waals surface area (Å²) in [5, 5.41) is 20.0. The smallest absolute Gasteiger partial charge is 0.267 e. The van der Waals surface area contributed by atoms with E-state index in [4.69, 9.17) is 6.42 Å². The number of nitrogens with zero attached hydrogens (tertiary/aromatic N) is 3. The van der Waals surface area contributed by atoms with Gasteiger partial charge < -0.3 is 10.2 Å². The molecular formula is C23H15N3O3. The summed E-state index contributed by atoms with van der Waals surface area (Å²) in [5.41, 5.74) is 1.70. The Hall–Kier alpha value is -4.37. The van der Waals surface area contributed by atoms with Gasteiger partial charge in [0.15, 0.2) is 5.65 Å². The first-order valence-corrected chi connectivity index (χ1v) is 8.72. The highest BCUT2D eigenvalue weighted by Crippen LogP contribution is 2.24. The molecule has 29 heavy (non-hydrogen) atoms. The van der Waals surface area contributed by atoms with Gasteiger partial charge in [-0.1, -0.05) is 5.92 Å². The van der Waals surface area contributed by atoms with E-state index in [1.807, 2.05) is 0 Å². The van der Waals surface area contributed by atoms with Gasteiger partial charge in [-0.05, 0) is 66.7 Å². The Balaban J connectivity index is 1.94. The molecule has 0 saturated carbocycles. The molecule has 0 unspecified atom stereocenters. The van der Waals surface area contributed by atoms with Gasteiger partial charge in [-0.15, -0.1) is 6.42 Å². The fourth-order valence-corrected chi connectivity index (χ4v) is 2.94. The van der Waals surface area contributed by atoms with Crippen LogP contribution in [0.4, 0.5) is 0 Å². The second-order valence-corrected chi connectivity index (χ2v) is 6.25. The summed E-state index contributed by atoms with van der Waals surface area (Å²) in [7, 11) is 0. The average molecular weight is 381 g/mol. The number of phenols is 2. The van der Waals surface area contributed by atoms with Crippen LogP contribution in [0.2, 0.25) is 0 Å². The molecule has 4 rings (SSSR count). The summed E-state index contributed by atoms with van der Waals surface area (Å²) in [5.74, 6) is 2.86. The molecule has 0 radical (unpaired) electrons. The fourth-order valence-electron chi connectivity index (χ4n) is 2.94. The Bertz CT molecular complexity index is 1350. The van der Waals surface area contributed by atoms with Crippen molar-refractivity contribution in [2.24, 2.45) is 0 Å². The number of benzene rings is 2. The van der Waals surface area contributed by atoms with E-state index in [9.17, 15) is 15.0 Å². The summed E-state index contributed by atoms with van der Waals surface area (Å²) in [4.78, 5) is 21.8. The molecule has 140 valence electrons. The van der Waals surface area contributed by atoms with Gasteiger partial charge >= 0.3 is 0 Å². The van der Waals surface area contributed by atoms with Gasteiger partial charge in [0.1, 0.15) is 17.3 Å². The Labute approximate surface area is 166 Å². The quantitative estimate of drug-likeness (QED) is 0.420. The highest BCUT2D eigenvalue weighted by molar-refractivity contribution is 5.77. The number of fused-ring (bicyclic) bond motifs is 1. The van der Waals surface area contributed by atoms with Crippen LogP contribution in [-0.4, -0.2) is 24.7 Å². The van der Waals surface area contributed by atoms with E-state index >= 15 is 0 Å². The van der Waals surface area contributed by atoms with Crippen molar-refractivity contribution in [1.82, 2.24) is 14.5 Å². The van der Waals surface area contributed by atoms with Crippen LogP contribution in [-0.2, 0) is 0 Å². The number of phenolic OH excluding ortho intramolecular Hbond substituents is 2. The lowest BCUT2D eigenvalue weighted by Gasteiger charge is -2.11. The fraction of sp³-hybridized carbons (Fsp3) is 0. The third-order valence-corrected chi connectivity index (χ3v) is 4.38. The molecule has 0 bridgehead atoms. The minimum absolute atomic E-state index is 0.00904. The van der Waals surface area contributed by atoms with E-state index in [0.717, 1.165) is 0 Å². The summed E-state index contributed by atoms with van der Waals surface area (Å²) < 4.78 is 1.45. The predicted octanol–water partition coefficient (Wildman–Crippen LogP) is 3.34. The molecular weight excluding hydrogens is 366 g/mol. The van der Waals surface area contributed by atoms with Crippen LogP contribution >= 0.6 is 0 Å². The molecule has 2 N–H and O–H groups in total. The molecule has 4 aromatic rings. The van der Waals surface area contributed by atoms with Crippen molar-refractivity contribution in [1.29, 1.82) is 0 Å². The number of aromatic nitrogens is 3. The van der Waals surface area contributed by atoms with Gasteiger partial charge in [-0.3, -0.25) is 9.36 Å².